The Bertz CT molecular complexity index is 1260. The molecule has 31 heavy (non-hydrogen) atoms. The van der Waals surface area contributed by atoms with Gasteiger partial charge in [0.1, 0.15) is 12.4 Å². The van der Waals surface area contributed by atoms with E-state index in [9.17, 15) is 22.4 Å². The molecular formula is C21H21FN2O5S2. The molecular weight excluding hydrogens is 443 g/mol. The Balaban J connectivity index is 1.73. The Morgan fingerprint density at radius 1 is 1.16 bits per heavy atom. The molecule has 1 amide bonds. The van der Waals surface area contributed by atoms with Crippen LogP contribution in [-0.2, 0) is 36.5 Å². The average molecular weight is 465 g/mol. The van der Waals surface area contributed by atoms with Gasteiger partial charge < -0.3 is 9.30 Å². The van der Waals surface area contributed by atoms with Crippen LogP contribution >= 0.6 is 11.3 Å². The zero-order chi connectivity index (χ0) is 22.4. The molecule has 2 aromatic carbocycles. The predicted molar refractivity (Wildman–Crippen MR) is 116 cm³/mol. The molecule has 0 saturated carbocycles. The standard InChI is InChI=1S/C21H21FN2O5S2/c1-29-20(26)13-24-17-10-9-16(22)12-18(17)30-21(24)23-19(25)8-5-11-31(27,28)14-15-6-3-2-4-7-15/h2-4,6-7,9-10,12H,5,8,11,13-14H2,1H3. The van der Waals surface area contributed by atoms with Gasteiger partial charge in [-0.15, -0.1) is 0 Å². The summed E-state index contributed by atoms with van der Waals surface area (Å²) in [5, 5.41) is 0. The highest BCUT2D eigenvalue weighted by Gasteiger charge is 2.15. The number of amides is 1. The molecule has 0 atom stereocenters. The SMILES string of the molecule is COC(=O)Cn1c(=NC(=O)CCCS(=O)(=O)Cc2ccccc2)sc2cc(F)ccc21. The average Bonchev–Trinajstić information content (AvgIpc) is 3.03. The molecule has 0 bridgehead atoms. The van der Waals surface area contributed by atoms with Gasteiger partial charge in [-0.25, -0.2) is 12.8 Å². The number of hydrogen-bond acceptors (Lipinski definition) is 6. The van der Waals surface area contributed by atoms with Gasteiger partial charge in [0.2, 0.25) is 5.91 Å². The van der Waals surface area contributed by atoms with Crippen LogP contribution in [0.3, 0.4) is 0 Å². The molecule has 0 saturated heterocycles. The number of benzene rings is 2. The predicted octanol–water partition coefficient (Wildman–Crippen LogP) is 2.84. The number of carbonyl (C=O) groups is 2. The van der Waals surface area contributed by atoms with E-state index in [0.29, 0.717) is 15.8 Å². The summed E-state index contributed by atoms with van der Waals surface area (Å²) in [5.74, 6) is -1.71. The normalized spacial score (nSPS) is 12.3. The second-order valence-corrected chi connectivity index (χ2v) is 10.0. The van der Waals surface area contributed by atoms with Gasteiger partial charge in [0.15, 0.2) is 14.6 Å². The minimum Gasteiger partial charge on any atom is -0.468 e. The Morgan fingerprint density at radius 2 is 1.90 bits per heavy atom. The molecule has 0 unspecified atom stereocenters. The van der Waals surface area contributed by atoms with Crippen LogP contribution in [0.2, 0.25) is 0 Å². The number of hydrogen-bond donors (Lipinski definition) is 0. The number of esters is 1. The van der Waals surface area contributed by atoms with Crippen LogP contribution < -0.4 is 4.80 Å². The first-order valence-electron chi connectivity index (χ1n) is 9.45. The highest BCUT2D eigenvalue weighted by molar-refractivity contribution is 7.90. The van der Waals surface area contributed by atoms with Crippen molar-refractivity contribution in [3.8, 4) is 0 Å². The van der Waals surface area contributed by atoms with Crippen LogP contribution in [0.25, 0.3) is 10.2 Å². The van der Waals surface area contributed by atoms with E-state index in [1.165, 1.54) is 29.9 Å². The number of thiazole rings is 1. The van der Waals surface area contributed by atoms with Crippen LogP contribution in [0.1, 0.15) is 18.4 Å². The first-order chi connectivity index (χ1) is 14.8. The molecule has 10 heteroatoms. The molecule has 3 aromatic rings. The van der Waals surface area contributed by atoms with Crippen molar-refractivity contribution in [3.05, 3.63) is 64.7 Å². The van der Waals surface area contributed by atoms with Crippen molar-refractivity contribution < 1.29 is 27.1 Å². The summed E-state index contributed by atoms with van der Waals surface area (Å²) < 4.78 is 44.8. The number of methoxy groups -OCH3 is 1. The minimum absolute atomic E-state index is 0.0607. The van der Waals surface area contributed by atoms with Gasteiger partial charge in [0, 0.05) is 6.42 Å². The maximum Gasteiger partial charge on any atom is 0.325 e. The molecule has 0 N–H and O–H groups in total. The van der Waals surface area contributed by atoms with Gasteiger partial charge in [-0.1, -0.05) is 41.7 Å². The molecule has 7 nitrogen and oxygen atoms in total. The molecule has 0 aliphatic heterocycles. The van der Waals surface area contributed by atoms with E-state index in [2.05, 4.69) is 9.73 Å². The van der Waals surface area contributed by atoms with Crippen molar-refractivity contribution in [2.75, 3.05) is 12.9 Å². The summed E-state index contributed by atoms with van der Waals surface area (Å²) in [7, 11) is -2.11. The number of aromatic nitrogens is 1. The Kier molecular flexibility index (Phi) is 7.34. The third-order valence-corrected chi connectivity index (χ3v) is 7.18. The molecule has 0 spiro atoms. The maximum atomic E-state index is 13.6. The van der Waals surface area contributed by atoms with E-state index >= 15 is 0 Å². The van der Waals surface area contributed by atoms with Crippen LogP contribution in [0.5, 0.6) is 0 Å². The van der Waals surface area contributed by atoms with Gasteiger partial charge >= 0.3 is 5.97 Å². The Hall–Kier alpha value is -2.85. The van der Waals surface area contributed by atoms with Crippen LogP contribution in [0.15, 0.2) is 53.5 Å². The van der Waals surface area contributed by atoms with Crippen molar-refractivity contribution in [3.63, 3.8) is 0 Å². The number of nitrogens with zero attached hydrogens (tertiary/aromatic N) is 2. The van der Waals surface area contributed by atoms with Crippen molar-refractivity contribution in [1.29, 1.82) is 0 Å². The fourth-order valence-electron chi connectivity index (χ4n) is 2.99. The van der Waals surface area contributed by atoms with Crippen molar-refractivity contribution in [2.45, 2.75) is 25.1 Å². The third-order valence-electron chi connectivity index (χ3n) is 4.46. The molecule has 0 radical (unpaired) electrons. The van der Waals surface area contributed by atoms with Crippen molar-refractivity contribution in [1.82, 2.24) is 4.57 Å². The van der Waals surface area contributed by atoms with Crippen LogP contribution in [0.4, 0.5) is 4.39 Å². The molecule has 3 rings (SSSR count). The molecule has 164 valence electrons. The second-order valence-electron chi connectivity index (χ2n) is 6.85. The van der Waals surface area contributed by atoms with Gasteiger partial charge in [-0.05, 0) is 30.2 Å². The third kappa shape index (κ3) is 6.31. The van der Waals surface area contributed by atoms with E-state index in [-0.39, 0.29) is 35.7 Å². The van der Waals surface area contributed by atoms with E-state index in [1.54, 1.807) is 24.3 Å². The number of fused-ring (bicyclic) bond motifs is 1. The van der Waals surface area contributed by atoms with Crippen molar-refractivity contribution >= 4 is 43.3 Å². The van der Waals surface area contributed by atoms with E-state index in [4.69, 9.17) is 0 Å². The smallest absolute Gasteiger partial charge is 0.325 e. The second kappa shape index (κ2) is 9.97. The summed E-state index contributed by atoms with van der Waals surface area (Å²) in [5.41, 5.74) is 1.24. The number of rotatable bonds is 8. The van der Waals surface area contributed by atoms with Gasteiger partial charge in [-0.3, -0.25) is 9.59 Å². The zero-order valence-electron chi connectivity index (χ0n) is 16.8. The van der Waals surface area contributed by atoms with E-state index < -0.39 is 27.5 Å². The largest absolute Gasteiger partial charge is 0.468 e. The lowest BCUT2D eigenvalue weighted by Gasteiger charge is -2.04. The molecule has 0 fully saturated rings. The number of sulfone groups is 1. The lowest BCUT2D eigenvalue weighted by Crippen LogP contribution is -2.22. The molecule has 0 aliphatic carbocycles. The van der Waals surface area contributed by atoms with Gasteiger partial charge in [-0.2, -0.15) is 4.99 Å². The lowest BCUT2D eigenvalue weighted by molar-refractivity contribution is -0.141. The quantitative estimate of drug-likeness (QED) is 0.478. The van der Waals surface area contributed by atoms with Crippen LogP contribution in [0, 0.1) is 5.82 Å². The minimum atomic E-state index is -3.36. The molecule has 1 heterocycles. The fraction of sp³-hybridized carbons (Fsp3) is 0.286. The summed E-state index contributed by atoms with van der Waals surface area (Å²) in [4.78, 5) is 28.4. The number of ether oxygens (including phenoxy) is 1. The Morgan fingerprint density at radius 3 is 2.61 bits per heavy atom. The van der Waals surface area contributed by atoms with Gasteiger partial charge in [0.25, 0.3) is 0 Å². The zero-order valence-corrected chi connectivity index (χ0v) is 18.4. The molecule has 0 aliphatic rings. The maximum absolute atomic E-state index is 13.6. The number of carbonyl (C=O) groups excluding carboxylic acids is 2. The summed E-state index contributed by atoms with van der Waals surface area (Å²) in [6.45, 7) is -0.181. The molecule has 1 aromatic heterocycles. The first-order valence-corrected chi connectivity index (χ1v) is 12.1. The number of halogens is 1. The lowest BCUT2D eigenvalue weighted by atomic mass is 10.2. The summed E-state index contributed by atoms with van der Waals surface area (Å²) in [6, 6.07) is 12.9. The van der Waals surface area contributed by atoms with Gasteiger partial charge in [0.05, 0.1) is 28.8 Å². The Labute approximate surface area is 182 Å². The topological polar surface area (TPSA) is 94.8 Å². The van der Waals surface area contributed by atoms with E-state index in [0.717, 1.165) is 11.3 Å². The van der Waals surface area contributed by atoms with E-state index in [1.807, 2.05) is 6.07 Å². The first kappa shape index (κ1) is 22.8. The highest BCUT2D eigenvalue weighted by atomic mass is 32.2. The summed E-state index contributed by atoms with van der Waals surface area (Å²) >= 11 is 1.07. The highest BCUT2D eigenvalue weighted by Crippen LogP contribution is 2.19. The summed E-state index contributed by atoms with van der Waals surface area (Å²) in [6.07, 6.45) is 0.0723. The van der Waals surface area contributed by atoms with Crippen molar-refractivity contribution in [2.24, 2.45) is 4.99 Å². The van der Waals surface area contributed by atoms with Crippen LogP contribution in [-0.4, -0.2) is 37.7 Å². The fourth-order valence-corrected chi connectivity index (χ4v) is 5.49. The monoisotopic (exact) mass is 464 g/mol.